The van der Waals surface area contributed by atoms with Gasteiger partial charge in [-0.25, -0.2) is 9.48 Å². The van der Waals surface area contributed by atoms with E-state index < -0.39 is 14.0 Å². The zero-order chi connectivity index (χ0) is 19.3. The Kier molecular flexibility index (Phi) is 7.20. The molecule has 0 saturated heterocycles. The molecule has 0 aliphatic carbocycles. The van der Waals surface area contributed by atoms with Gasteiger partial charge in [0.25, 0.3) is 0 Å². The summed E-state index contributed by atoms with van der Waals surface area (Å²) in [6, 6.07) is 7.23. The summed E-state index contributed by atoms with van der Waals surface area (Å²) in [6.45, 7) is 10.0. The van der Waals surface area contributed by atoms with Gasteiger partial charge in [-0.1, -0.05) is 41.1 Å². The maximum absolute atomic E-state index is 10.8. The average Bonchev–Trinajstić information content (AvgIpc) is 2.85. The summed E-state index contributed by atoms with van der Waals surface area (Å²) < 4.78 is 8.76. The van der Waals surface area contributed by atoms with E-state index in [9.17, 15) is 4.79 Å². The first-order valence-corrected chi connectivity index (χ1v) is 13.3. The lowest BCUT2D eigenvalue weighted by Crippen LogP contribution is -2.22. The van der Waals surface area contributed by atoms with Crippen LogP contribution in [0.25, 0.3) is 10.9 Å². The molecule has 0 radical (unpaired) electrons. The quantitative estimate of drug-likeness (QED) is 0.336. The minimum atomic E-state index is -1.11. The molecule has 1 heterocycles. The molecule has 1 aromatic carbocycles. The van der Waals surface area contributed by atoms with Crippen molar-refractivity contribution in [2.24, 2.45) is 0 Å². The molecule has 0 saturated carbocycles. The van der Waals surface area contributed by atoms with E-state index in [0.29, 0.717) is 19.6 Å². The summed E-state index contributed by atoms with van der Waals surface area (Å²) in [5.74, 6) is -0.906. The second kappa shape index (κ2) is 8.97. The van der Waals surface area contributed by atoms with Crippen molar-refractivity contribution >= 4 is 40.9 Å². The largest absolute Gasteiger partial charge is 0.478 e. The zero-order valence-corrected chi connectivity index (χ0v) is 18.5. The molecule has 1 aromatic heterocycles. The predicted molar refractivity (Wildman–Crippen MR) is 111 cm³/mol. The molecule has 1 N–H and O–H groups in total. The molecule has 0 fully saturated rings. The van der Waals surface area contributed by atoms with E-state index >= 15 is 0 Å². The van der Waals surface area contributed by atoms with Gasteiger partial charge in [-0.05, 0) is 44.0 Å². The highest BCUT2D eigenvalue weighted by Crippen LogP contribution is 2.25. The molecule has 0 aliphatic heterocycles. The minimum absolute atomic E-state index is 0.437. The number of allylic oxidation sites excluding steroid dienone is 1. The molecule has 0 aliphatic rings. The Balaban J connectivity index is 2.14. The topological polar surface area (TPSA) is 64.3 Å². The molecule has 0 spiro atoms. The Hall–Kier alpha value is -1.44. The highest BCUT2D eigenvalue weighted by molar-refractivity contribution is 9.10. The normalized spacial score (nSPS) is 12.7. The number of carbonyl (C=O) groups is 1. The van der Waals surface area contributed by atoms with Crippen molar-refractivity contribution in [1.29, 1.82) is 0 Å². The van der Waals surface area contributed by atoms with Crippen LogP contribution in [0.1, 0.15) is 19.0 Å². The molecular weight excluding hydrogens is 412 g/mol. The second-order valence-corrected chi connectivity index (χ2v) is 14.3. The number of aromatic nitrogens is 2. The Bertz CT molecular complexity index is 809. The standard InChI is InChI=1S/C19H27BrN2O3Si/c1-14(11-19(23)24)5-7-17-16-12-15(20)6-8-18(16)22(21-17)13-25-9-10-26(2,3)4/h6,8,11-12H,5,7,9-10,13H2,1-4H3,(H,23,24). The molecular formula is C19H27BrN2O3Si. The van der Waals surface area contributed by atoms with Gasteiger partial charge in [-0.15, -0.1) is 0 Å². The van der Waals surface area contributed by atoms with Gasteiger partial charge in [-0.2, -0.15) is 5.10 Å². The number of ether oxygens (including phenoxy) is 1. The van der Waals surface area contributed by atoms with Gasteiger partial charge in [0.05, 0.1) is 11.2 Å². The molecule has 0 amide bonds. The van der Waals surface area contributed by atoms with Crippen LogP contribution in [0.15, 0.2) is 34.3 Å². The van der Waals surface area contributed by atoms with Crippen LogP contribution >= 0.6 is 15.9 Å². The van der Waals surface area contributed by atoms with Crippen LogP contribution in [-0.4, -0.2) is 35.5 Å². The number of hydrogen-bond donors (Lipinski definition) is 1. The molecule has 0 bridgehead atoms. The van der Waals surface area contributed by atoms with Crippen molar-refractivity contribution < 1.29 is 14.6 Å². The Morgan fingerprint density at radius 3 is 2.77 bits per heavy atom. The van der Waals surface area contributed by atoms with Crippen LogP contribution < -0.4 is 0 Å². The first kappa shape index (κ1) is 20.9. The van der Waals surface area contributed by atoms with Crippen molar-refractivity contribution in [2.45, 2.75) is 52.2 Å². The van der Waals surface area contributed by atoms with Crippen LogP contribution in [0.4, 0.5) is 0 Å². The number of carboxylic acids is 1. The van der Waals surface area contributed by atoms with Gasteiger partial charge in [0.2, 0.25) is 0 Å². The number of halogens is 1. The fraction of sp³-hybridized carbons (Fsp3) is 0.474. The maximum atomic E-state index is 10.8. The van der Waals surface area contributed by atoms with Crippen LogP contribution in [0, 0.1) is 0 Å². The van der Waals surface area contributed by atoms with Crippen molar-refractivity contribution in [1.82, 2.24) is 9.78 Å². The predicted octanol–water partition coefficient (Wildman–Crippen LogP) is 5.07. The molecule has 142 valence electrons. The molecule has 2 rings (SSSR count). The summed E-state index contributed by atoms with van der Waals surface area (Å²) in [5, 5.41) is 14.7. The number of carboxylic acid groups (broad SMARTS) is 1. The Morgan fingerprint density at radius 1 is 1.38 bits per heavy atom. The SMILES string of the molecule is CC(=CC(=O)O)CCc1nn(COCC[Si](C)(C)C)c2ccc(Br)cc12. The third-order valence-electron chi connectivity index (χ3n) is 4.12. The van der Waals surface area contributed by atoms with Crippen molar-refractivity contribution in [3.05, 3.63) is 40.0 Å². The van der Waals surface area contributed by atoms with E-state index in [1.165, 1.54) is 6.08 Å². The van der Waals surface area contributed by atoms with Gasteiger partial charge >= 0.3 is 5.97 Å². The second-order valence-electron chi connectivity index (χ2n) is 7.78. The van der Waals surface area contributed by atoms with Gasteiger partial charge in [-0.3, -0.25) is 0 Å². The van der Waals surface area contributed by atoms with Gasteiger partial charge in [0.15, 0.2) is 0 Å². The van der Waals surface area contributed by atoms with Crippen LogP contribution in [0.3, 0.4) is 0 Å². The minimum Gasteiger partial charge on any atom is -0.478 e. The smallest absolute Gasteiger partial charge is 0.328 e. The van der Waals surface area contributed by atoms with Gasteiger partial charge < -0.3 is 9.84 Å². The third-order valence-corrected chi connectivity index (χ3v) is 6.32. The highest BCUT2D eigenvalue weighted by atomic mass is 79.9. The average molecular weight is 439 g/mol. The van der Waals surface area contributed by atoms with Crippen LogP contribution in [0.2, 0.25) is 25.7 Å². The van der Waals surface area contributed by atoms with E-state index in [0.717, 1.165) is 39.3 Å². The van der Waals surface area contributed by atoms with Crippen molar-refractivity contribution in [3.8, 4) is 0 Å². The number of rotatable bonds is 9. The molecule has 0 atom stereocenters. The number of nitrogens with zero attached hydrogens (tertiary/aromatic N) is 2. The van der Waals surface area contributed by atoms with E-state index in [2.05, 4.69) is 41.6 Å². The first-order valence-electron chi connectivity index (χ1n) is 8.78. The molecule has 2 aromatic rings. The monoisotopic (exact) mass is 438 g/mol. The maximum Gasteiger partial charge on any atom is 0.328 e. The third kappa shape index (κ3) is 6.37. The van der Waals surface area contributed by atoms with E-state index in [-0.39, 0.29) is 0 Å². The fourth-order valence-corrected chi connectivity index (χ4v) is 3.75. The number of aliphatic carboxylic acids is 1. The van der Waals surface area contributed by atoms with Gasteiger partial charge in [0.1, 0.15) is 6.73 Å². The van der Waals surface area contributed by atoms with Crippen molar-refractivity contribution in [2.75, 3.05) is 6.61 Å². The van der Waals surface area contributed by atoms with Crippen LogP contribution in [0.5, 0.6) is 0 Å². The van der Waals surface area contributed by atoms with E-state index in [1.807, 2.05) is 23.7 Å². The number of aryl methyl sites for hydroxylation is 1. The first-order chi connectivity index (χ1) is 12.2. The summed E-state index contributed by atoms with van der Waals surface area (Å²) in [5.41, 5.74) is 2.84. The summed E-state index contributed by atoms with van der Waals surface area (Å²) in [4.78, 5) is 10.8. The Morgan fingerprint density at radius 2 is 2.12 bits per heavy atom. The lowest BCUT2D eigenvalue weighted by molar-refractivity contribution is -0.131. The van der Waals surface area contributed by atoms with Crippen molar-refractivity contribution in [3.63, 3.8) is 0 Å². The van der Waals surface area contributed by atoms with Gasteiger partial charge in [0, 0.05) is 30.6 Å². The lowest BCUT2D eigenvalue weighted by Gasteiger charge is -2.15. The molecule has 7 heteroatoms. The lowest BCUT2D eigenvalue weighted by atomic mass is 10.1. The zero-order valence-electron chi connectivity index (χ0n) is 15.9. The summed E-state index contributed by atoms with van der Waals surface area (Å²) >= 11 is 3.52. The molecule has 5 nitrogen and oxygen atoms in total. The molecule has 0 unspecified atom stereocenters. The summed E-state index contributed by atoms with van der Waals surface area (Å²) in [6.07, 6.45) is 2.63. The van der Waals surface area contributed by atoms with E-state index in [1.54, 1.807) is 0 Å². The summed E-state index contributed by atoms with van der Waals surface area (Å²) in [7, 11) is -1.11. The Labute approximate surface area is 164 Å². The number of fused-ring (bicyclic) bond motifs is 1. The number of benzene rings is 1. The number of hydrogen-bond acceptors (Lipinski definition) is 3. The highest BCUT2D eigenvalue weighted by Gasteiger charge is 2.14. The van der Waals surface area contributed by atoms with Crippen LogP contribution in [-0.2, 0) is 22.7 Å². The van der Waals surface area contributed by atoms with E-state index in [4.69, 9.17) is 14.9 Å². The molecule has 26 heavy (non-hydrogen) atoms. The fourth-order valence-electron chi connectivity index (χ4n) is 2.63.